The van der Waals surface area contributed by atoms with E-state index in [4.69, 9.17) is 14.0 Å². The van der Waals surface area contributed by atoms with Crippen LogP contribution in [0.25, 0.3) is 22.2 Å². The Kier molecular flexibility index (Phi) is 4.53. The highest BCUT2D eigenvalue weighted by Gasteiger charge is 2.13. The Morgan fingerprint density at radius 2 is 1.85 bits per heavy atom. The van der Waals surface area contributed by atoms with Crippen molar-refractivity contribution in [1.82, 2.24) is 10.1 Å². The molecule has 4 rings (SSSR count). The molecule has 2 aromatic carbocycles. The fourth-order valence-electron chi connectivity index (χ4n) is 2.66. The Labute approximate surface area is 155 Å². The maximum Gasteiger partial charge on any atom is 0.357 e. The number of benzene rings is 2. The van der Waals surface area contributed by atoms with Crippen LogP contribution in [0.1, 0.15) is 16.2 Å². The van der Waals surface area contributed by atoms with Crippen LogP contribution in [-0.4, -0.2) is 23.2 Å². The normalized spacial score (nSPS) is 10.7. The van der Waals surface area contributed by atoms with E-state index in [-0.39, 0.29) is 12.3 Å². The third-order valence-electron chi connectivity index (χ3n) is 4.09. The van der Waals surface area contributed by atoms with Crippen LogP contribution in [0.4, 0.5) is 0 Å². The maximum absolute atomic E-state index is 12.3. The zero-order chi connectivity index (χ0) is 18.6. The van der Waals surface area contributed by atoms with Crippen LogP contribution >= 0.6 is 0 Å². The third-order valence-corrected chi connectivity index (χ3v) is 4.09. The second kappa shape index (κ2) is 7.29. The molecule has 0 aliphatic carbocycles. The van der Waals surface area contributed by atoms with E-state index in [1.807, 2.05) is 54.6 Å². The standard InChI is InChI=1S/C21H16N2O4/c1-25-17-9-6-15(7-10-17)20-12-16(23-27-20)13-26-21(24)19-11-8-14-4-2-3-5-18(14)22-19/h2-12H,13H2,1H3. The number of para-hydroxylation sites is 1. The molecule has 2 aromatic heterocycles. The molecule has 0 unspecified atom stereocenters. The van der Waals surface area contributed by atoms with E-state index < -0.39 is 5.97 Å². The summed E-state index contributed by atoms with van der Waals surface area (Å²) in [7, 11) is 1.61. The first-order chi connectivity index (χ1) is 13.2. The minimum atomic E-state index is -0.505. The number of esters is 1. The molecule has 0 fully saturated rings. The van der Waals surface area contributed by atoms with Crippen molar-refractivity contribution >= 4 is 16.9 Å². The fraction of sp³-hybridized carbons (Fsp3) is 0.0952. The highest BCUT2D eigenvalue weighted by molar-refractivity contribution is 5.91. The Morgan fingerprint density at radius 3 is 2.67 bits per heavy atom. The van der Waals surface area contributed by atoms with Gasteiger partial charge in [-0.1, -0.05) is 29.4 Å². The molecule has 6 heteroatoms. The lowest BCUT2D eigenvalue weighted by molar-refractivity contribution is 0.0458. The maximum atomic E-state index is 12.3. The summed E-state index contributed by atoms with van der Waals surface area (Å²) in [6, 6.07) is 20.2. The average molecular weight is 360 g/mol. The number of aromatic nitrogens is 2. The smallest absolute Gasteiger partial charge is 0.357 e. The van der Waals surface area contributed by atoms with E-state index in [2.05, 4.69) is 10.1 Å². The summed E-state index contributed by atoms with van der Waals surface area (Å²) >= 11 is 0. The molecule has 0 aliphatic rings. The highest BCUT2D eigenvalue weighted by Crippen LogP contribution is 2.23. The van der Waals surface area contributed by atoms with Crippen molar-refractivity contribution in [3.8, 4) is 17.1 Å². The van der Waals surface area contributed by atoms with Gasteiger partial charge in [0, 0.05) is 17.0 Å². The summed E-state index contributed by atoms with van der Waals surface area (Å²) in [4.78, 5) is 16.6. The SMILES string of the molecule is COc1ccc(-c2cc(COC(=O)c3ccc4ccccc4n3)no2)cc1. The molecule has 4 aromatic rings. The molecule has 0 N–H and O–H groups in total. The molecule has 134 valence electrons. The predicted molar refractivity (Wildman–Crippen MR) is 99.4 cm³/mol. The zero-order valence-electron chi connectivity index (χ0n) is 14.6. The summed E-state index contributed by atoms with van der Waals surface area (Å²) in [6.45, 7) is 0.00694. The molecule has 0 bridgehead atoms. The first-order valence-corrected chi connectivity index (χ1v) is 8.36. The van der Waals surface area contributed by atoms with Gasteiger partial charge in [-0.15, -0.1) is 0 Å². The van der Waals surface area contributed by atoms with Crippen molar-refractivity contribution in [2.24, 2.45) is 0 Å². The molecule has 0 atom stereocenters. The summed E-state index contributed by atoms with van der Waals surface area (Å²) in [5.41, 5.74) is 2.38. The topological polar surface area (TPSA) is 74.5 Å². The van der Waals surface area contributed by atoms with Gasteiger partial charge in [-0.05, 0) is 36.4 Å². The summed E-state index contributed by atoms with van der Waals surface area (Å²) in [5, 5.41) is 4.91. The number of pyridine rings is 1. The molecule has 0 amide bonds. The highest BCUT2D eigenvalue weighted by atomic mass is 16.5. The lowest BCUT2D eigenvalue weighted by atomic mass is 10.1. The molecule has 0 radical (unpaired) electrons. The first-order valence-electron chi connectivity index (χ1n) is 8.36. The summed E-state index contributed by atoms with van der Waals surface area (Å²) < 4.78 is 15.8. The second-order valence-corrected chi connectivity index (χ2v) is 5.88. The largest absolute Gasteiger partial charge is 0.497 e. The Morgan fingerprint density at radius 1 is 1.04 bits per heavy atom. The van der Waals surface area contributed by atoms with Crippen molar-refractivity contribution in [2.45, 2.75) is 6.61 Å². The van der Waals surface area contributed by atoms with E-state index >= 15 is 0 Å². The number of nitrogens with zero attached hydrogens (tertiary/aromatic N) is 2. The monoisotopic (exact) mass is 360 g/mol. The van der Waals surface area contributed by atoms with Gasteiger partial charge in [0.15, 0.2) is 5.76 Å². The number of ether oxygens (including phenoxy) is 2. The lowest BCUT2D eigenvalue weighted by Gasteiger charge is -2.03. The molecular weight excluding hydrogens is 344 g/mol. The minimum absolute atomic E-state index is 0.00694. The molecule has 0 saturated heterocycles. The van der Waals surface area contributed by atoms with E-state index in [9.17, 15) is 4.79 Å². The number of carbonyl (C=O) groups is 1. The Bertz CT molecular complexity index is 1090. The molecule has 2 heterocycles. The molecule has 0 spiro atoms. The van der Waals surface area contributed by atoms with E-state index in [1.165, 1.54) is 0 Å². The van der Waals surface area contributed by atoms with Gasteiger partial charge in [-0.3, -0.25) is 0 Å². The van der Waals surface area contributed by atoms with Gasteiger partial charge in [0.05, 0.1) is 12.6 Å². The fourth-order valence-corrected chi connectivity index (χ4v) is 2.66. The second-order valence-electron chi connectivity index (χ2n) is 5.88. The Balaban J connectivity index is 1.43. The van der Waals surface area contributed by atoms with E-state index in [0.29, 0.717) is 11.5 Å². The van der Waals surface area contributed by atoms with Gasteiger partial charge in [-0.25, -0.2) is 9.78 Å². The van der Waals surface area contributed by atoms with Crippen LogP contribution in [0, 0.1) is 0 Å². The number of hydrogen-bond donors (Lipinski definition) is 0. The number of rotatable bonds is 5. The first kappa shape index (κ1) is 16.8. The van der Waals surface area contributed by atoms with Gasteiger partial charge in [0.1, 0.15) is 23.7 Å². The zero-order valence-corrected chi connectivity index (χ0v) is 14.6. The number of hydrogen-bond acceptors (Lipinski definition) is 6. The quantitative estimate of drug-likeness (QED) is 0.495. The van der Waals surface area contributed by atoms with Gasteiger partial charge in [-0.2, -0.15) is 0 Å². The van der Waals surface area contributed by atoms with Crippen LogP contribution in [0.15, 0.2) is 71.3 Å². The average Bonchev–Trinajstić information content (AvgIpc) is 3.21. The van der Waals surface area contributed by atoms with Gasteiger partial charge >= 0.3 is 5.97 Å². The Hall–Kier alpha value is -3.67. The van der Waals surface area contributed by atoms with Crippen molar-refractivity contribution in [1.29, 1.82) is 0 Å². The summed E-state index contributed by atoms with van der Waals surface area (Å²) in [5.74, 6) is 0.845. The molecule has 27 heavy (non-hydrogen) atoms. The number of carbonyl (C=O) groups excluding carboxylic acids is 1. The third kappa shape index (κ3) is 3.64. The molecule has 0 saturated carbocycles. The molecular formula is C21H16N2O4. The summed E-state index contributed by atoms with van der Waals surface area (Å²) in [6.07, 6.45) is 0. The van der Waals surface area contributed by atoms with E-state index in [1.54, 1.807) is 19.2 Å². The van der Waals surface area contributed by atoms with Crippen molar-refractivity contribution in [2.75, 3.05) is 7.11 Å². The lowest BCUT2D eigenvalue weighted by Crippen LogP contribution is -2.07. The van der Waals surface area contributed by atoms with Crippen LogP contribution in [0.5, 0.6) is 5.75 Å². The predicted octanol–water partition coefficient (Wildman–Crippen LogP) is 4.26. The van der Waals surface area contributed by atoms with Crippen molar-refractivity contribution in [3.63, 3.8) is 0 Å². The number of methoxy groups -OCH3 is 1. The van der Waals surface area contributed by atoms with Crippen LogP contribution in [0.3, 0.4) is 0 Å². The number of fused-ring (bicyclic) bond motifs is 1. The van der Waals surface area contributed by atoms with Crippen molar-refractivity contribution in [3.05, 3.63) is 78.1 Å². The van der Waals surface area contributed by atoms with Crippen molar-refractivity contribution < 1.29 is 18.8 Å². The van der Waals surface area contributed by atoms with Gasteiger partial charge < -0.3 is 14.0 Å². The molecule has 6 nitrogen and oxygen atoms in total. The van der Waals surface area contributed by atoms with Crippen LogP contribution in [-0.2, 0) is 11.3 Å². The van der Waals surface area contributed by atoms with Gasteiger partial charge in [0.2, 0.25) is 0 Å². The van der Waals surface area contributed by atoms with E-state index in [0.717, 1.165) is 22.2 Å². The minimum Gasteiger partial charge on any atom is -0.497 e. The van der Waals surface area contributed by atoms with Gasteiger partial charge in [0.25, 0.3) is 0 Å². The molecule has 0 aliphatic heterocycles. The van der Waals surface area contributed by atoms with Crippen LogP contribution in [0.2, 0.25) is 0 Å². The van der Waals surface area contributed by atoms with Crippen LogP contribution < -0.4 is 4.74 Å².